The van der Waals surface area contributed by atoms with Crippen LogP contribution >= 0.6 is 27.5 Å². The largest absolute Gasteiger partial charge is 0.397 e. The van der Waals surface area contributed by atoms with Gasteiger partial charge < -0.3 is 5.73 Å². The maximum Gasteiger partial charge on any atom is 0.125 e. The maximum absolute atomic E-state index is 12.9. The number of hydrogen-bond acceptors (Lipinski definition) is 1. The fourth-order valence-corrected chi connectivity index (χ4v) is 1.49. The minimum Gasteiger partial charge on any atom is -0.397 e. The van der Waals surface area contributed by atoms with Crippen LogP contribution in [-0.2, 0) is 0 Å². The molecule has 4 heteroatoms. The van der Waals surface area contributed by atoms with Gasteiger partial charge in [0.25, 0.3) is 0 Å². The zero-order valence-corrected chi connectivity index (χ0v) is 9.78. The number of rotatable bonds is 3. The third kappa shape index (κ3) is 3.00. The number of halogens is 3. The molecule has 0 fully saturated rings. The van der Waals surface area contributed by atoms with E-state index in [1.807, 2.05) is 6.08 Å². The molecular formula is C10H10BrClFN. The molecule has 1 aromatic carbocycles. The smallest absolute Gasteiger partial charge is 0.125 e. The van der Waals surface area contributed by atoms with E-state index in [1.54, 1.807) is 6.08 Å². The first-order chi connectivity index (χ1) is 6.65. The third-order valence-electron chi connectivity index (χ3n) is 1.70. The van der Waals surface area contributed by atoms with Crippen LogP contribution in [0.1, 0.15) is 12.0 Å². The summed E-state index contributed by atoms with van der Waals surface area (Å²) < 4.78 is 12.9. The summed E-state index contributed by atoms with van der Waals surface area (Å²) in [6.07, 6.45) is 4.55. The highest BCUT2D eigenvalue weighted by atomic mass is 79.9. The molecule has 0 aromatic heterocycles. The summed E-state index contributed by atoms with van der Waals surface area (Å²) in [6, 6.07) is 2.57. The van der Waals surface area contributed by atoms with E-state index in [4.69, 9.17) is 17.3 Å². The van der Waals surface area contributed by atoms with Crippen LogP contribution in [0.4, 0.5) is 10.1 Å². The second-order valence-corrected chi connectivity index (χ2v) is 3.97. The number of nitrogen functional groups attached to an aromatic ring is 1. The predicted octanol–water partition coefficient (Wildman–Crippen LogP) is 3.86. The maximum atomic E-state index is 12.9. The molecule has 0 spiro atoms. The summed E-state index contributed by atoms with van der Waals surface area (Å²) >= 11 is 9.01. The molecule has 0 aliphatic rings. The van der Waals surface area contributed by atoms with Gasteiger partial charge in [-0.25, -0.2) is 4.39 Å². The first-order valence-corrected chi connectivity index (χ1v) is 5.62. The van der Waals surface area contributed by atoms with Crippen molar-refractivity contribution in [3.63, 3.8) is 0 Å². The summed E-state index contributed by atoms with van der Waals surface area (Å²) in [6.45, 7) is 0. The van der Waals surface area contributed by atoms with Crippen molar-refractivity contribution in [3.05, 3.63) is 34.6 Å². The lowest BCUT2D eigenvalue weighted by atomic mass is 10.1. The van der Waals surface area contributed by atoms with Crippen molar-refractivity contribution in [2.45, 2.75) is 6.42 Å². The van der Waals surface area contributed by atoms with Gasteiger partial charge in [0.15, 0.2) is 0 Å². The Morgan fingerprint density at radius 2 is 2.21 bits per heavy atom. The number of alkyl halides is 1. The van der Waals surface area contributed by atoms with Gasteiger partial charge in [-0.05, 0) is 18.6 Å². The van der Waals surface area contributed by atoms with Gasteiger partial charge in [0, 0.05) is 10.9 Å². The highest BCUT2D eigenvalue weighted by Crippen LogP contribution is 2.25. The molecule has 1 nitrogen and oxygen atoms in total. The van der Waals surface area contributed by atoms with Crippen molar-refractivity contribution in [2.24, 2.45) is 0 Å². The van der Waals surface area contributed by atoms with Gasteiger partial charge in [-0.2, -0.15) is 0 Å². The highest BCUT2D eigenvalue weighted by Gasteiger charge is 2.03. The first kappa shape index (κ1) is 11.5. The standard InChI is InChI=1S/C10H10BrClFN/c11-4-2-1-3-7-5-8(13)6-9(12)10(7)14/h1,3,5-6H,2,4,14H2. The molecule has 0 atom stereocenters. The Labute approximate surface area is 95.9 Å². The second kappa shape index (κ2) is 5.37. The molecule has 0 saturated carbocycles. The van der Waals surface area contributed by atoms with Gasteiger partial charge in [0.05, 0.1) is 10.7 Å². The summed E-state index contributed by atoms with van der Waals surface area (Å²) in [5.41, 5.74) is 6.71. The number of nitrogens with two attached hydrogens (primary N) is 1. The molecule has 0 heterocycles. The first-order valence-electron chi connectivity index (χ1n) is 4.12. The highest BCUT2D eigenvalue weighted by molar-refractivity contribution is 9.09. The summed E-state index contributed by atoms with van der Waals surface area (Å²) in [7, 11) is 0. The summed E-state index contributed by atoms with van der Waals surface area (Å²) in [4.78, 5) is 0. The Bertz CT molecular complexity index is 352. The van der Waals surface area contributed by atoms with E-state index in [0.29, 0.717) is 11.3 Å². The summed E-state index contributed by atoms with van der Waals surface area (Å²) in [5.74, 6) is -0.373. The number of anilines is 1. The monoisotopic (exact) mass is 277 g/mol. The molecule has 0 bridgehead atoms. The average Bonchev–Trinajstić information content (AvgIpc) is 2.13. The van der Waals surface area contributed by atoms with Crippen LogP contribution in [0.15, 0.2) is 18.2 Å². The molecule has 0 unspecified atom stereocenters. The van der Waals surface area contributed by atoms with Crippen LogP contribution < -0.4 is 5.73 Å². The quantitative estimate of drug-likeness (QED) is 0.659. The van der Waals surface area contributed by atoms with E-state index in [0.717, 1.165) is 11.8 Å². The molecule has 0 saturated heterocycles. The van der Waals surface area contributed by atoms with Crippen molar-refractivity contribution < 1.29 is 4.39 Å². The van der Waals surface area contributed by atoms with Gasteiger partial charge in [-0.1, -0.05) is 39.7 Å². The molecular weight excluding hydrogens is 268 g/mol. The van der Waals surface area contributed by atoms with Crippen LogP contribution in [0.3, 0.4) is 0 Å². The Balaban J connectivity index is 2.96. The third-order valence-corrected chi connectivity index (χ3v) is 2.47. The van der Waals surface area contributed by atoms with E-state index in [-0.39, 0.29) is 10.8 Å². The molecule has 0 aliphatic carbocycles. The van der Waals surface area contributed by atoms with E-state index in [1.165, 1.54) is 12.1 Å². The van der Waals surface area contributed by atoms with Crippen molar-refractivity contribution in [2.75, 3.05) is 11.1 Å². The molecule has 0 radical (unpaired) electrons. The topological polar surface area (TPSA) is 26.0 Å². The van der Waals surface area contributed by atoms with Gasteiger partial charge in [0.2, 0.25) is 0 Å². The van der Waals surface area contributed by atoms with Crippen LogP contribution in [0.5, 0.6) is 0 Å². The SMILES string of the molecule is Nc1c(Cl)cc(F)cc1C=CCCBr. The van der Waals surface area contributed by atoms with Crippen molar-refractivity contribution >= 4 is 39.3 Å². The van der Waals surface area contributed by atoms with E-state index < -0.39 is 0 Å². The van der Waals surface area contributed by atoms with Crippen molar-refractivity contribution in [1.82, 2.24) is 0 Å². The van der Waals surface area contributed by atoms with Gasteiger partial charge in [0.1, 0.15) is 5.82 Å². The Kier molecular flexibility index (Phi) is 4.42. The van der Waals surface area contributed by atoms with Crippen LogP contribution in [0.25, 0.3) is 6.08 Å². The average molecular weight is 279 g/mol. The molecule has 1 rings (SSSR count). The normalized spacial score (nSPS) is 11.1. The van der Waals surface area contributed by atoms with E-state index in [2.05, 4.69) is 15.9 Å². The van der Waals surface area contributed by atoms with Crippen LogP contribution in [0, 0.1) is 5.82 Å². The molecule has 76 valence electrons. The zero-order valence-electron chi connectivity index (χ0n) is 7.43. The van der Waals surface area contributed by atoms with Crippen LogP contribution in [-0.4, -0.2) is 5.33 Å². The second-order valence-electron chi connectivity index (χ2n) is 2.77. The lowest BCUT2D eigenvalue weighted by Crippen LogP contribution is -1.92. The Morgan fingerprint density at radius 1 is 1.50 bits per heavy atom. The van der Waals surface area contributed by atoms with Crippen LogP contribution in [0.2, 0.25) is 5.02 Å². The molecule has 2 N–H and O–H groups in total. The lowest BCUT2D eigenvalue weighted by molar-refractivity contribution is 0.628. The molecule has 0 amide bonds. The lowest BCUT2D eigenvalue weighted by Gasteiger charge is -2.02. The van der Waals surface area contributed by atoms with Gasteiger partial charge in [-0.3, -0.25) is 0 Å². The molecule has 0 aliphatic heterocycles. The zero-order chi connectivity index (χ0) is 10.6. The minimum absolute atomic E-state index is 0.253. The number of benzene rings is 1. The van der Waals surface area contributed by atoms with Gasteiger partial charge in [-0.15, -0.1) is 0 Å². The molecule has 14 heavy (non-hydrogen) atoms. The minimum atomic E-state index is -0.373. The fourth-order valence-electron chi connectivity index (χ4n) is 1.02. The van der Waals surface area contributed by atoms with E-state index in [9.17, 15) is 4.39 Å². The van der Waals surface area contributed by atoms with Crippen molar-refractivity contribution in [1.29, 1.82) is 0 Å². The Hall–Kier alpha value is -0.540. The summed E-state index contributed by atoms with van der Waals surface area (Å²) in [5, 5.41) is 1.12. The predicted molar refractivity (Wildman–Crippen MR) is 63.3 cm³/mol. The van der Waals surface area contributed by atoms with E-state index >= 15 is 0 Å². The number of allylic oxidation sites excluding steroid dienone is 1. The Morgan fingerprint density at radius 3 is 2.86 bits per heavy atom. The number of hydrogen-bond donors (Lipinski definition) is 1. The fraction of sp³-hybridized carbons (Fsp3) is 0.200. The van der Waals surface area contributed by atoms with Crippen molar-refractivity contribution in [3.8, 4) is 0 Å². The van der Waals surface area contributed by atoms with Gasteiger partial charge >= 0.3 is 0 Å². The molecule has 1 aromatic rings.